The van der Waals surface area contributed by atoms with Gasteiger partial charge in [0.1, 0.15) is 0 Å². The Morgan fingerprint density at radius 1 is 1.28 bits per heavy atom. The summed E-state index contributed by atoms with van der Waals surface area (Å²) in [4.78, 5) is 22.1. The Balaban J connectivity index is 4.05. The molecule has 0 aliphatic carbocycles. The van der Waals surface area contributed by atoms with E-state index in [2.05, 4.69) is 19.2 Å². The number of nitrogens with one attached hydrogen (secondary N) is 1. The molecule has 0 spiro atoms. The summed E-state index contributed by atoms with van der Waals surface area (Å²) in [6.45, 7) is 8.00. The lowest BCUT2D eigenvalue weighted by atomic mass is 9.88. The van der Waals surface area contributed by atoms with Crippen LogP contribution in [0.1, 0.15) is 47.0 Å². The van der Waals surface area contributed by atoms with Crippen molar-refractivity contribution in [2.45, 2.75) is 52.5 Å². The van der Waals surface area contributed by atoms with Gasteiger partial charge in [0.2, 0.25) is 5.91 Å². The van der Waals surface area contributed by atoms with Gasteiger partial charge in [0.15, 0.2) is 0 Å². The van der Waals surface area contributed by atoms with Crippen molar-refractivity contribution in [3.63, 3.8) is 0 Å². The number of aliphatic carboxylic acids is 1. The number of nitrogens with two attached hydrogens (primary N) is 1. The van der Waals surface area contributed by atoms with Gasteiger partial charge >= 0.3 is 5.97 Å². The first kappa shape index (κ1) is 16.9. The zero-order valence-corrected chi connectivity index (χ0v) is 11.8. The zero-order valence-electron chi connectivity index (χ0n) is 11.8. The molecular weight excluding hydrogens is 232 g/mol. The smallest absolute Gasteiger partial charge is 0.303 e. The van der Waals surface area contributed by atoms with Crippen LogP contribution in [0.15, 0.2) is 0 Å². The first-order valence-corrected chi connectivity index (χ1v) is 6.43. The number of hydrogen-bond acceptors (Lipinski definition) is 3. The average Bonchev–Trinajstić information content (AvgIpc) is 2.20. The molecule has 5 nitrogen and oxygen atoms in total. The molecular formula is C13H26N2O3. The summed E-state index contributed by atoms with van der Waals surface area (Å²) in [6.07, 6.45) is 1.61. The van der Waals surface area contributed by atoms with Crippen molar-refractivity contribution in [2.75, 3.05) is 6.54 Å². The highest BCUT2D eigenvalue weighted by molar-refractivity contribution is 5.84. The van der Waals surface area contributed by atoms with Gasteiger partial charge in [-0.1, -0.05) is 13.8 Å². The van der Waals surface area contributed by atoms with E-state index in [1.165, 1.54) is 0 Å². The van der Waals surface area contributed by atoms with Gasteiger partial charge in [0, 0.05) is 13.0 Å². The molecule has 1 atom stereocenters. The van der Waals surface area contributed by atoms with Crippen LogP contribution in [0.25, 0.3) is 0 Å². The topological polar surface area (TPSA) is 92.4 Å². The summed E-state index contributed by atoms with van der Waals surface area (Å²) < 4.78 is 0. The van der Waals surface area contributed by atoms with Crippen LogP contribution >= 0.6 is 0 Å². The van der Waals surface area contributed by atoms with E-state index in [0.29, 0.717) is 24.8 Å². The summed E-state index contributed by atoms with van der Waals surface area (Å²) in [7, 11) is 0. The Morgan fingerprint density at radius 2 is 1.83 bits per heavy atom. The molecule has 0 fully saturated rings. The fourth-order valence-electron chi connectivity index (χ4n) is 1.72. The van der Waals surface area contributed by atoms with Crippen molar-refractivity contribution in [3.8, 4) is 0 Å². The number of hydrogen-bond donors (Lipinski definition) is 3. The number of amides is 1. The highest BCUT2D eigenvalue weighted by Gasteiger charge is 2.22. The predicted octanol–water partition coefficient (Wildman–Crippen LogP) is 1.37. The maximum atomic E-state index is 11.6. The highest BCUT2D eigenvalue weighted by atomic mass is 16.4. The fourth-order valence-corrected chi connectivity index (χ4v) is 1.72. The number of carbonyl (C=O) groups excluding carboxylic acids is 1. The number of carbonyl (C=O) groups is 2. The lowest BCUT2D eigenvalue weighted by Gasteiger charge is -2.22. The summed E-state index contributed by atoms with van der Waals surface area (Å²) in [6, 6.07) is 0. The van der Waals surface area contributed by atoms with Crippen molar-refractivity contribution >= 4 is 11.9 Å². The molecule has 0 saturated carbocycles. The summed E-state index contributed by atoms with van der Waals surface area (Å²) in [5.41, 5.74) is 4.80. The van der Waals surface area contributed by atoms with Gasteiger partial charge < -0.3 is 16.2 Å². The quantitative estimate of drug-likeness (QED) is 0.613. The van der Waals surface area contributed by atoms with Crippen LogP contribution in [0.2, 0.25) is 0 Å². The molecule has 0 aliphatic heterocycles. The van der Waals surface area contributed by atoms with Gasteiger partial charge in [0.25, 0.3) is 0 Å². The summed E-state index contributed by atoms with van der Waals surface area (Å²) in [5.74, 6) is -0.231. The standard InChI is InChI=1S/C13H26N2O3/c1-9(2)10(5-6-11(16)17)7-8-15-12(18)13(3,4)14/h9-10H,5-8,14H2,1-4H3,(H,15,18)(H,16,17). The maximum Gasteiger partial charge on any atom is 0.303 e. The molecule has 0 aromatic rings. The third-order valence-electron chi connectivity index (χ3n) is 3.06. The molecule has 106 valence electrons. The van der Waals surface area contributed by atoms with Crippen LogP contribution in [0, 0.1) is 11.8 Å². The van der Waals surface area contributed by atoms with Crippen molar-refractivity contribution < 1.29 is 14.7 Å². The van der Waals surface area contributed by atoms with Crippen LogP contribution in [-0.4, -0.2) is 29.1 Å². The van der Waals surface area contributed by atoms with Crippen molar-refractivity contribution in [2.24, 2.45) is 17.6 Å². The molecule has 18 heavy (non-hydrogen) atoms. The van der Waals surface area contributed by atoms with E-state index < -0.39 is 11.5 Å². The minimum Gasteiger partial charge on any atom is -0.481 e. The molecule has 1 unspecified atom stereocenters. The van der Waals surface area contributed by atoms with E-state index in [9.17, 15) is 9.59 Å². The average molecular weight is 258 g/mol. The van der Waals surface area contributed by atoms with Crippen LogP contribution in [0.5, 0.6) is 0 Å². The fraction of sp³-hybridized carbons (Fsp3) is 0.846. The number of carboxylic acid groups (broad SMARTS) is 1. The first-order chi connectivity index (χ1) is 8.14. The second kappa shape index (κ2) is 7.36. The Bertz CT molecular complexity index is 282. The lowest BCUT2D eigenvalue weighted by Crippen LogP contribution is -2.49. The molecule has 0 rings (SSSR count). The zero-order chi connectivity index (χ0) is 14.3. The third-order valence-corrected chi connectivity index (χ3v) is 3.06. The van der Waals surface area contributed by atoms with Gasteiger partial charge in [-0.25, -0.2) is 0 Å². The predicted molar refractivity (Wildman–Crippen MR) is 71.1 cm³/mol. The second-order valence-corrected chi connectivity index (χ2v) is 5.70. The van der Waals surface area contributed by atoms with Crippen LogP contribution in [0.3, 0.4) is 0 Å². The third kappa shape index (κ3) is 7.27. The van der Waals surface area contributed by atoms with E-state index in [1.54, 1.807) is 13.8 Å². The molecule has 0 heterocycles. The Hall–Kier alpha value is -1.10. The summed E-state index contributed by atoms with van der Waals surface area (Å²) in [5, 5.41) is 11.5. The number of carboxylic acids is 1. The Kier molecular flexibility index (Phi) is 6.91. The normalized spacial score (nSPS) is 13.4. The maximum absolute atomic E-state index is 11.6. The van der Waals surface area contributed by atoms with E-state index in [4.69, 9.17) is 10.8 Å². The summed E-state index contributed by atoms with van der Waals surface area (Å²) >= 11 is 0. The van der Waals surface area contributed by atoms with Crippen molar-refractivity contribution in [1.82, 2.24) is 5.32 Å². The van der Waals surface area contributed by atoms with Crippen LogP contribution in [0.4, 0.5) is 0 Å². The lowest BCUT2D eigenvalue weighted by molar-refractivity contribution is -0.137. The van der Waals surface area contributed by atoms with E-state index in [0.717, 1.165) is 6.42 Å². The minimum absolute atomic E-state index is 0.178. The molecule has 0 bridgehead atoms. The molecule has 4 N–H and O–H groups in total. The molecule has 1 amide bonds. The van der Waals surface area contributed by atoms with E-state index in [-0.39, 0.29) is 12.3 Å². The van der Waals surface area contributed by atoms with Gasteiger partial charge in [-0.2, -0.15) is 0 Å². The van der Waals surface area contributed by atoms with Gasteiger partial charge in [-0.05, 0) is 38.5 Å². The van der Waals surface area contributed by atoms with Gasteiger partial charge in [-0.15, -0.1) is 0 Å². The molecule has 5 heteroatoms. The minimum atomic E-state index is -0.867. The van der Waals surface area contributed by atoms with Crippen LogP contribution < -0.4 is 11.1 Å². The number of rotatable bonds is 8. The molecule has 0 radical (unpaired) electrons. The molecule has 0 aromatic heterocycles. The van der Waals surface area contributed by atoms with Crippen molar-refractivity contribution in [3.05, 3.63) is 0 Å². The largest absolute Gasteiger partial charge is 0.481 e. The Labute approximate surface area is 109 Å². The van der Waals surface area contributed by atoms with E-state index >= 15 is 0 Å². The monoisotopic (exact) mass is 258 g/mol. The SMILES string of the molecule is CC(C)C(CCNC(=O)C(C)(C)N)CCC(=O)O. The molecule has 0 aliphatic rings. The molecule has 0 aromatic carbocycles. The Morgan fingerprint density at radius 3 is 2.22 bits per heavy atom. The molecule has 0 saturated heterocycles. The van der Waals surface area contributed by atoms with E-state index in [1.807, 2.05) is 0 Å². The van der Waals surface area contributed by atoms with Gasteiger partial charge in [-0.3, -0.25) is 9.59 Å². The second-order valence-electron chi connectivity index (χ2n) is 5.70. The first-order valence-electron chi connectivity index (χ1n) is 6.43. The van der Waals surface area contributed by atoms with Gasteiger partial charge in [0.05, 0.1) is 5.54 Å². The highest BCUT2D eigenvalue weighted by Crippen LogP contribution is 2.20. The van der Waals surface area contributed by atoms with Crippen LogP contribution in [-0.2, 0) is 9.59 Å². The van der Waals surface area contributed by atoms with Crippen molar-refractivity contribution in [1.29, 1.82) is 0 Å².